The minimum absolute atomic E-state index is 0.0494. The van der Waals surface area contributed by atoms with Crippen molar-refractivity contribution in [3.05, 3.63) is 70.8 Å². The van der Waals surface area contributed by atoms with Crippen LogP contribution in [-0.4, -0.2) is 0 Å². The van der Waals surface area contributed by atoms with E-state index in [0.717, 1.165) is 12.8 Å². The summed E-state index contributed by atoms with van der Waals surface area (Å²) in [4.78, 5) is 0. The highest BCUT2D eigenvalue weighted by atomic mass is 14.6. The summed E-state index contributed by atoms with van der Waals surface area (Å²) in [5.41, 5.74) is 11.7. The first-order chi connectivity index (χ1) is 9.65. The van der Waals surface area contributed by atoms with E-state index >= 15 is 0 Å². The quantitative estimate of drug-likeness (QED) is 0.840. The first kappa shape index (κ1) is 14.8. The Hall–Kier alpha value is -1.60. The molecule has 0 spiro atoms. The number of hydrogen-bond acceptors (Lipinski definition) is 1. The predicted molar refractivity (Wildman–Crippen MR) is 87.0 cm³/mol. The van der Waals surface area contributed by atoms with Crippen molar-refractivity contribution in [2.24, 2.45) is 5.73 Å². The second-order valence-electron chi connectivity index (χ2n) is 5.50. The fourth-order valence-electron chi connectivity index (χ4n) is 2.53. The molecule has 0 radical (unpaired) electrons. The molecule has 2 rings (SSSR count). The fraction of sp³-hybridized carbons (Fsp3) is 0.368. The lowest BCUT2D eigenvalue weighted by atomic mass is 9.88. The van der Waals surface area contributed by atoms with Crippen molar-refractivity contribution in [3.8, 4) is 0 Å². The average Bonchev–Trinajstić information content (AvgIpc) is 2.53. The largest absolute Gasteiger partial charge is 0.323 e. The number of hydrogen-bond donors (Lipinski definition) is 1. The maximum atomic E-state index is 6.43. The Morgan fingerprint density at radius 3 is 1.55 bits per heavy atom. The molecule has 0 heterocycles. The molecule has 2 aromatic carbocycles. The minimum atomic E-state index is 0.0494. The molecule has 0 fully saturated rings. The molecule has 2 N–H and O–H groups in total. The minimum Gasteiger partial charge on any atom is -0.323 e. The van der Waals surface area contributed by atoms with E-state index in [-0.39, 0.29) is 6.04 Å². The number of nitrogens with two attached hydrogens (primary N) is 1. The van der Waals surface area contributed by atoms with E-state index in [1.54, 1.807) is 0 Å². The first-order valence-electron chi connectivity index (χ1n) is 7.59. The van der Waals surface area contributed by atoms with E-state index in [1.165, 1.54) is 22.3 Å². The van der Waals surface area contributed by atoms with Gasteiger partial charge < -0.3 is 5.73 Å². The maximum absolute atomic E-state index is 6.43. The van der Waals surface area contributed by atoms with Crippen LogP contribution in [0.5, 0.6) is 0 Å². The zero-order valence-corrected chi connectivity index (χ0v) is 12.8. The van der Waals surface area contributed by atoms with E-state index in [1.807, 2.05) is 0 Å². The van der Waals surface area contributed by atoms with Gasteiger partial charge in [-0.15, -0.1) is 0 Å². The zero-order valence-electron chi connectivity index (χ0n) is 12.8. The Morgan fingerprint density at radius 2 is 1.15 bits per heavy atom. The molecular weight excluding hydrogens is 242 g/mol. The van der Waals surface area contributed by atoms with Crippen molar-refractivity contribution in [1.82, 2.24) is 0 Å². The third kappa shape index (κ3) is 3.29. The highest BCUT2D eigenvalue weighted by molar-refractivity contribution is 5.31. The summed E-state index contributed by atoms with van der Waals surface area (Å²) in [7, 11) is 0. The zero-order chi connectivity index (χ0) is 14.5. The molecular formula is C19H25N. The van der Waals surface area contributed by atoms with Gasteiger partial charge in [0.25, 0.3) is 0 Å². The van der Waals surface area contributed by atoms with E-state index in [2.05, 4.69) is 69.3 Å². The van der Waals surface area contributed by atoms with Crippen molar-refractivity contribution in [2.75, 3.05) is 0 Å². The van der Waals surface area contributed by atoms with Crippen LogP contribution in [0.3, 0.4) is 0 Å². The summed E-state index contributed by atoms with van der Waals surface area (Å²) >= 11 is 0. The van der Waals surface area contributed by atoms with Crippen LogP contribution < -0.4 is 5.73 Å². The molecule has 0 aromatic heterocycles. The highest BCUT2D eigenvalue weighted by Crippen LogP contribution is 2.29. The van der Waals surface area contributed by atoms with Gasteiger partial charge >= 0.3 is 0 Å². The molecule has 0 amide bonds. The van der Waals surface area contributed by atoms with Gasteiger partial charge in [-0.05, 0) is 35.1 Å². The van der Waals surface area contributed by atoms with Crippen LogP contribution in [0.1, 0.15) is 55.0 Å². The molecule has 2 unspecified atom stereocenters. The summed E-state index contributed by atoms with van der Waals surface area (Å²) < 4.78 is 0. The van der Waals surface area contributed by atoms with Gasteiger partial charge in [-0.2, -0.15) is 0 Å². The molecule has 0 aliphatic carbocycles. The molecule has 20 heavy (non-hydrogen) atoms. The van der Waals surface area contributed by atoms with Crippen molar-refractivity contribution in [3.63, 3.8) is 0 Å². The number of aryl methyl sites for hydroxylation is 2. The lowest BCUT2D eigenvalue weighted by molar-refractivity contribution is 0.597. The monoisotopic (exact) mass is 267 g/mol. The van der Waals surface area contributed by atoms with Gasteiger partial charge in [-0.1, -0.05) is 69.3 Å². The molecule has 106 valence electrons. The highest BCUT2D eigenvalue weighted by Gasteiger charge is 2.16. The lowest BCUT2D eigenvalue weighted by Gasteiger charge is -2.21. The molecule has 0 bridgehead atoms. The van der Waals surface area contributed by atoms with E-state index in [9.17, 15) is 0 Å². The topological polar surface area (TPSA) is 26.0 Å². The van der Waals surface area contributed by atoms with Crippen LogP contribution in [0.2, 0.25) is 0 Å². The molecule has 1 heteroatoms. The van der Waals surface area contributed by atoms with Gasteiger partial charge in [0.2, 0.25) is 0 Å². The van der Waals surface area contributed by atoms with Crippen LogP contribution in [0.25, 0.3) is 0 Å². The van der Waals surface area contributed by atoms with Gasteiger partial charge in [-0.3, -0.25) is 0 Å². The van der Waals surface area contributed by atoms with E-state index < -0.39 is 0 Å². The third-order valence-corrected chi connectivity index (χ3v) is 4.23. The number of benzene rings is 2. The Kier molecular flexibility index (Phi) is 4.97. The summed E-state index contributed by atoms with van der Waals surface area (Å²) in [5, 5.41) is 0. The Morgan fingerprint density at radius 1 is 0.750 bits per heavy atom. The van der Waals surface area contributed by atoms with Crippen LogP contribution >= 0.6 is 0 Å². The second-order valence-corrected chi connectivity index (χ2v) is 5.50. The second kappa shape index (κ2) is 6.71. The molecule has 0 saturated heterocycles. The van der Waals surface area contributed by atoms with Crippen molar-refractivity contribution in [1.29, 1.82) is 0 Å². The SMILES string of the molecule is CCc1ccc(C(C)C(N)c2ccc(CC)cc2)cc1. The molecule has 0 saturated carbocycles. The van der Waals surface area contributed by atoms with Gasteiger partial charge in [0.15, 0.2) is 0 Å². The predicted octanol–water partition coefficient (Wildman–Crippen LogP) is 4.61. The molecule has 0 aliphatic heterocycles. The smallest absolute Gasteiger partial charge is 0.0361 e. The van der Waals surface area contributed by atoms with E-state index in [4.69, 9.17) is 5.73 Å². The van der Waals surface area contributed by atoms with Crippen molar-refractivity contribution < 1.29 is 0 Å². The Balaban J connectivity index is 2.15. The van der Waals surface area contributed by atoms with Gasteiger partial charge in [-0.25, -0.2) is 0 Å². The number of rotatable bonds is 5. The van der Waals surface area contributed by atoms with Crippen LogP contribution in [0, 0.1) is 0 Å². The summed E-state index contributed by atoms with van der Waals surface area (Å²) in [6.45, 7) is 6.56. The average molecular weight is 267 g/mol. The van der Waals surface area contributed by atoms with Gasteiger partial charge in [0.05, 0.1) is 0 Å². The van der Waals surface area contributed by atoms with Crippen molar-refractivity contribution >= 4 is 0 Å². The Labute approximate surface area is 122 Å². The molecule has 2 aromatic rings. The standard InChI is InChI=1S/C19H25N/c1-4-15-6-10-17(11-7-15)14(3)19(20)18-12-8-16(5-2)9-13-18/h6-14,19H,4-5,20H2,1-3H3. The molecule has 1 nitrogen and oxygen atoms in total. The van der Waals surface area contributed by atoms with Crippen LogP contribution in [0.15, 0.2) is 48.5 Å². The lowest BCUT2D eigenvalue weighted by Crippen LogP contribution is -2.17. The Bertz CT molecular complexity index is 473. The summed E-state index contributed by atoms with van der Waals surface area (Å²) in [5.74, 6) is 0.327. The first-order valence-corrected chi connectivity index (χ1v) is 7.59. The van der Waals surface area contributed by atoms with Crippen LogP contribution in [0.4, 0.5) is 0 Å². The molecule has 0 aliphatic rings. The van der Waals surface area contributed by atoms with Gasteiger partial charge in [0, 0.05) is 12.0 Å². The van der Waals surface area contributed by atoms with Crippen LogP contribution in [-0.2, 0) is 12.8 Å². The van der Waals surface area contributed by atoms with Gasteiger partial charge in [0.1, 0.15) is 0 Å². The summed E-state index contributed by atoms with van der Waals surface area (Å²) in [6.07, 6.45) is 2.16. The maximum Gasteiger partial charge on any atom is 0.0361 e. The fourth-order valence-corrected chi connectivity index (χ4v) is 2.53. The third-order valence-electron chi connectivity index (χ3n) is 4.23. The van der Waals surface area contributed by atoms with Crippen molar-refractivity contribution in [2.45, 2.75) is 45.6 Å². The normalized spacial score (nSPS) is 14.0. The summed E-state index contributed by atoms with van der Waals surface area (Å²) in [6, 6.07) is 17.6. The van der Waals surface area contributed by atoms with E-state index in [0.29, 0.717) is 5.92 Å². The molecule has 2 atom stereocenters.